The number of imide groups is 1. The van der Waals surface area contributed by atoms with E-state index in [2.05, 4.69) is 16.7 Å². The lowest BCUT2D eigenvalue weighted by molar-refractivity contribution is -0.134. The predicted octanol–water partition coefficient (Wildman–Crippen LogP) is 1.10. The van der Waals surface area contributed by atoms with Crippen LogP contribution in [0.2, 0.25) is 0 Å². The number of hydrogen-bond donors (Lipinski definition) is 2. The quantitative estimate of drug-likeness (QED) is 0.547. The van der Waals surface area contributed by atoms with Crippen LogP contribution in [-0.2, 0) is 9.59 Å². The van der Waals surface area contributed by atoms with Crippen LogP contribution in [0.1, 0.15) is 46.0 Å². The standard InChI is InChI=1S/C13H21N3O2/c1-13(2,9-14)7-3-4-8-15-10-5-6-11(17)16-12(10)18/h10,15H,3-8H2,1-2H3,(H,16,17,18). The zero-order chi connectivity index (χ0) is 13.6. The lowest BCUT2D eigenvalue weighted by atomic mass is 9.89. The Hall–Kier alpha value is -1.41. The summed E-state index contributed by atoms with van der Waals surface area (Å²) in [5, 5.41) is 14.3. The van der Waals surface area contributed by atoms with Gasteiger partial charge in [-0.1, -0.05) is 6.42 Å². The van der Waals surface area contributed by atoms with Crippen LogP contribution in [-0.4, -0.2) is 24.4 Å². The molecule has 5 heteroatoms. The second-order valence-corrected chi connectivity index (χ2v) is 5.41. The van der Waals surface area contributed by atoms with Crippen molar-refractivity contribution in [1.29, 1.82) is 5.26 Å². The molecule has 1 heterocycles. The molecular weight excluding hydrogens is 230 g/mol. The zero-order valence-electron chi connectivity index (χ0n) is 11.1. The summed E-state index contributed by atoms with van der Waals surface area (Å²) >= 11 is 0. The number of nitrogens with zero attached hydrogens (tertiary/aromatic N) is 1. The Morgan fingerprint density at radius 2 is 2.17 bits per heavy atom. The monoisotopic (exact) mass is 251 g/mol. The van der Waals surface area contributed by atoms with E-state index in [1.54, 1.807) is 0 Å². The fourth-order valence-electron chi connectivity index (χ4n) is 1.91. The van der Waals surface area contributed by atoms with Gasteiger partial charge in [-0.3, -0.25) is 14.9 Å². The van der Waals surface area contributed by atoms with Gasteiger partial charge in [0.1, 0.15) is 0 Å². The maximum Gasteiger partial charge on any atom is 0.243 e. The van der Waals surface area contributed by atoms with Crippen LogP contribution in [0.25, 0.3) is 0 Å². The van der Waals surface area contributed by atoms with Gasteiger partial charge in [0, 0.05) is 6.42 Å². The fourth-order valence-corrected chi connectivity index (χ4v) is 1.91. The van der Waals surface area contributed by atoms with E-state index >= 15 is 0 Å². The fraction of sp³-hybridized carbons (Fsp3) is 0.769. The molecule has 1 aliphatic heterocycles. The van der Waals surface area contributed by atoms with E-state index < -0.39 is 0 Å². The maximum atomic E-state index is 11.4. The van der Waals surface area contributed by atoms with E-state index in [0.29, 0.717) is 12.8 Å². The molecule has 1 atom stereocenters. The highest BCUT2D eigenvalue weighted by Crippen LogP contribution is 2.21. The molecule has 1 fully saturated rings. The van der Waals surface area contributed by atoms with Crippen LogP contribution in [0, 0.1) is 16.7 Å². The largest absolute Gasteiger partial charge is 0.306 e. The molecule has 0 bridgehead atoms. The highest BCUT2D eigenvalue weighted by atomic mass is 16.2. The Morgan fingerprint density at radius 3 is 2.78 bits per heavy atom. The van der Waals surface area contributed by atoms with Gasteiger partial charge in [-0.2, -0.15) is 5.26 Å². The highest BCUT2D eigenvalue weighted by molar-refractivity contribution is 6.00. The van der Waals surface area contributed by atoms with Gasteiger partial charge in [-0.15, -0.1) is 0 Å². The predicted molar refractivity (Wildman–Crippen MR) is 67.4 cm³/mol. The molecule has 1 unspecified atom stereocenters. The minimum atomic E-state index is -0.269. The number of unbranched alkanes of at least 4 members (excludes halogenated alkanes) is 1. The van der Waals surface area contributed by atoms with Gasteiger partial charge >= 0.3 is 0 Å². The maximum absolute atomic E-state index is 11.4. The molecule has 2 amide bonds. The van der Waals surface area contributed by atoms with Gasteiger partial charge in [-0.05, 0) is 39.7 Å². The molecule has 0 aliphatic carbocycles. The second-order valence-electron chi connectivity index (χ2n) is 5.41. The molecule has 2 N–H and O–H groups in total. The topological polar surface area (TPSA) is 82.0 Å². The van der Waals surface area contributed by atoms with Crippen molar-refractivity contribution in [3.8, 4) is 6.07 Å². The summed E-state index contributed by atoms with van der Waals surface area (Å²) in [4.78, 5) is 22.4. The molecule has 0 aromatic heterocycles. The van der Waals surface area contributed by atoms with E-state index in [4.69, 9.17) is 5.26 Å². The normalized spacial score (nSPS) is 20.4. The first kappa shape index (κ1) is 14.7. The first-order chi connectivity index (χ1) is 8.44. The Kier molecular flexibility index (Phi) is 5.29. The van der Waals surface area contributed by atoms with Crippen LogP contribution >= 0.6 is 0 Å². The molecule has 1 aliphatic rings. The van der Waals surface area contributed by atoms with Gasteiger partial charge in [0.25, 0.3) is 0 Å². The summed E-state index contributed by atoms with van der Waals surface area (Å²) in [5.41, 5.74) is -0.269. The molecule has 1 rings (SSSR count). The summed E-state index contributed by atoms with van der Waals surface area (Å²) in [6.45, 7) is 4.61. The van der Waals surface area contributed by atoms with Crippen molar-refractivity contribution in [2.75, 3.05) is 6.54 Å². The third-order valence-electron chi connectivity index (χ3n) is 3.16. The minimum absolute atomic E-state index is 0.186. The summed E-state index contributed by atoms with van der Waals surface area (Å²) < 4.78 is 0. The van der Waals surface area contributed by atoms with Crippen molar-refractivity contribution in [2.45, 2.75) is 52.0 Å². The molecule has 0 saturated carbocycles. The zero-order valence-corrected chi connectivity index (χ0v) is 11.1. The minimum Gasteiger partial charge on any atom is -0.306 e. The first-order valence-corrected chi connectivity index (χ1v) is 6.43. The second kappa shape index (κ2) is 6.50. The Bertz CT molecular complexity index is 358. The Balaban J connectivity index is 2.14. The molecule has 0 spiro atoms. The summed E-state index contributed by atoms with van der Waals surface area (Å²) in [6, 6.07) is 2.03. The van der Waals surface area contributed by atoms with Gasteiger partial charge < -0.3 is 5.32 Å². The van der Waals surface area contributed by atoms with Gasteiger partial charge in [0.05, 0.1) is 17.5 Å². The summed E-state index contributed by atoms with van der Waals surface area (Å²) in [5.74, 6) is -0.405. The summed E-state index contributed by atoms with van der Waals surface area (Å²) in [7, 11) is 0. The van der Waals surface area contributed by atoms with Gasteiger partial charge in [0.2, 0.25) is 11.8 Å². The van der Waals surface area contributed by atoms with Crippen LogP contribution in [0.15, 0.2) is 0 Å². The molecular formula is C13H21N3O2. The molecule has 0 radical (unpaired) electrons. The molecule has 5 nitrogen and oxygen atoms in total. The molecule has 100 valence electrons. The highest BCUT2D eigenvalue weighted by Gasteiger charge is 2.25. The van der Waals surface area contributed by atoms with E-state index in [0.717, 1.165) is 25.8 Å². The van der Waals surface area contributed by atoms with Crippen molar-refractivity contribution in [2.24, 2.45) is 5.41 Å². The van der Waals surface area contributed by atoms with Crippen molar-refractivity contribution in [1.82, 2.24) is 10.6 Å². The SMILES string of the molecule is CC(C)(C#N)CCCCNC1CCC(=O)NC1=O. The van der Waals surface area contributed by atoms with Gasteiger partial charge in [0.15, 0.2) is 0 Å². The number of nitrogens with one attached hydrogen (secondary N) is 2. The average Bonchev–Trinajstić information content (AvgIpc) is 2.31. The average molecular weight is 251 g/mol. The molecule has 0 aromatic carbocycles. The number of carbonyl (C=O) groups excluding carboxylic acids is 2. The molecule has 0 aromatic rings. The summed E-state index contributed by atoms with van der Waals surface area (Å²) in [6.07, 6.45) is 3.74. The Morgan fingerprint density at radius 1 is 1.44 bits per heavy atom. The molecule has 18 heavy (non-hydrogen) atoms. The van der Waals surface area contributed by atoms with Crippen molar-refractivity contribution >= 4 is 11.8 Å². The van der Waals surface area contributed by atoms with Crippen LogP contribution in [0.4, 0.5) is 0 Å². The third kappa shape index (κ3) is 4.84. The van der Waals surface area contributed by atoms with Crippen LogP contribution in [0.5, 0.6) is 0 Å². The number of carbonyl (C=O) groups is 2. The lowest BCUT2D eigenvalue weighted by Gasteiger charge is -2.22. The first-order valence-electron chi connectivity index (χ1n) is 6.43. The van der Waals surface area contributed by atoms with E-state index in [-0.39, 0.29) is 23.3 Å². The van der Waals surface area contributed by atoms with Crippen LogP contribution in [0.3, 0.4) is 0 Å². The number of amides is 2. The van der Waals surface area contributed by atoms with E-state index in [1.807, 2.05) is 13.8 Å². The number of hydrogen-bond acceptors (Lipinski definition) is 4. The van der Waals surface area contributed by atoms with E-state index in [9.17, 15) is 9.59 Å². The number of piperidine rings is 1. The third-order valence-corrected chi connectivity index (χ3v) is 3.16. The Labute approximate surface area is 108 Å². The van der Waals surface area contributed by atoms with Crippen molar-refractivity contribution in [3.05, 3.63) is 0 Å². The van der Waals surface area contributed by atoms with E-state index in [1.165, 1.54) is 0 Å². The number of nitriles is 1. The lowest BCUT2D eigenvalue weighted by Crippen LogP contribution is -2.50. The number of rotatable bonds is 6. The van der Waals surface area contributed by atoms with Gasteiger partial charge in [-0.25, -0.2) is 0 Å². The smallest absolute Gasteiger partial charge is 0.243 e. The molecule has 1 saturated heterocycles. The van der Waals surface area contributed by atoms with Crippen LogP contribution < -0.4 is 10.6 Å². The van der Waals surface area contributed by atoms with Crippen molar-refractivity contribution in [3.63, 3.8) is 0 Å². The van der Waals surface area contributed by atoms with Crippen molar-refractivity contribution < 1.29 is 9.59 Å².